The zero-order chi connectivity index (χ0) is 14.3. The Morgan fingerprint density at radius 3 is 2.50 bits per heavy atom. The normalized spacial score (nSPS) is 10.9. The van der Waals surface area contributed by atoms with Crippen molar-refractivity contribution in [3.8, 4) is 22.4 Å². The minimum atomic E-state index is -0.260. The van der Waals surface area contributed by atoms with E-state index in [0.717, 1.165) is 27.9 Å². The molecule has 0 amide bonds. The number of nitrogen functional groups attached to an aromatic ring is 1. The Morgan fingerprint density at radius 2 is 1.90 bits per heavy atom. The number of aromatic nitrogens is 2. The topological polar surface area (TPSA) is 43.8 Å². The van der Waals surface area contributed by atoms with Gasteiger partial charge >= 0.3 is 0 Å². The second kappa shape index (κ2) is 4.76. The Morgan fingerprint density at radius 1 is 1.20 bits per heavy atom. The largest absolute Gasteiger partial charge is 0.383 e. The van der Waals surface area contributed by atoms with E-state index in [1.807, 2.05) is 14.0 Å². The molecule has 0 aliphatic rings. The third kappa shape index (κ3) is 2.00. The molecule has 2 N–H and O–H groups in total. The number of thiophene rings is 1. The fourth-order valence-electron chi connectivity index (χ4n) is 2.23. The number of nitrogens with zero attached hydrogens (tertiary/aromatic N) is 2. The van der Waals surface area contributed by atoms with Gasteiger partial charge in [-0.25, -0.2) is 4.39 Å². The van der Waals surface area contributed by atoms with Crippen molar-refractivity contribution in [1.29, 1.82) is 0 Å². The van der Waals surface area contributed by atoms with Gasteiger partial charge in [-0.2, -0.15) is 16.4 Å². The van der Waals surface area contributed by atoms with Gasteiger partial charge in [0.2, 0.25) is 0 Å². The van der Waals surface area contributed by atoms with Crippen molar-refractivity contribution >= 4 is 17.2 Å². The zero-order valence-electron chi connectivity index (χ0n) is 11.2. The number of hydrogen-bond acceptors (Lipinski definition) is 3. The minimum absolute atomic E-state index is 0.260. The molecule has 3 rings (SSSR count). The highest BCUT2D eigenvalue weighted by Gasteiger charge is 2.19. The second-order valence-electron chi connectivity index (χ2n) is 4.71. The smallest absolute Gasteiger partial charge is 0.129 e. The summed E-state index contributed by atoms with van der Waals surface area (Å²) in [5.41, 5.74) is 10.9. The molecule has 5 heteroatoms. The van der Waals surface area contributed by atoms with Crippen LogP contribution in [0.2, 0.25) is 0 Å². The lowest BCUT2D eigenvalue weighted by atomic mass is 10.0. The average molecular weight is 287 g/mol. The van der Waals surface area contributed by atoms with Crippen molar-refractivity contribution in [1.82, 2.24) is 9.78 Å². The van der Waals surface area contributed by atoms with Crippen LogP contribution < -0.4 is 5.73 Å². The first-order valence-corrected chi connectivity index (χ1v) is 7.14. The Kier molecular flexibility index (Phi) is 3.06. The predicted octanol–water partition coefficient (Wildman–Crippen LogP) is 3.85. The molecule has 0 fully saturated rings. The molecule has 0 aliphatic heterocycles. The van der Waals surface area contributed by atoms with Gasteiger partial charge in [0.05, 0.1) is 5.56 Å². The van der Waals surface area contributed by atoms with Crippen molar-refractivity contribution in [2.75, 3.05) is 5.73 Å². The van der Waals surface area contributed by atoms with E-state index in [0.29, 0.717) is 5.82 Å². The van der Waals surface area contributed by atoms with Gasteiger partial charge in [-0.15, -0.1) is 0 Å². The van der Waals surface area contributed by atoms with E-state index in [1.165, 1.54) is 12.1 Å². The van der Waals surface area contributed by atoms with Crippen LogP contribution in [-0.4, -0.2) is 9.78 Å². The molecule has 0 spiro atoms. The fourth-order valence-corrected chi connectivity index (χ4v) is 3.06. The SMILES string of the molecule is Cc1cscc1-c1nn(C)c(N)c1-c1ccc(F)cc1. The zero-order valence-corrected chi connectivity index (χ0v) is 12.0. The molecule has 2 aromatic heterocycles. The maximum absolute atomic E-state index is 13.1. The van der Waals surface area contributed by atoms with E-state index < -0.39 is 0 Å². The molecular formula is C15H14FN3S. The minimum Gasteiger partial charge on any atom is -0.383 e. The summed E-state index contributed by atoms with van der Waals surface area (Å²) in [5, 5.41) is 8.65. The van der Waals surface area contributed by atoms with Crippen LogP contribution in [0.4, 0.5) is 10.2 Å². The molecular weight excluding hydrogens is 273 g/mol. The van der Waals surface area contributed by atoms with Crippen LogP contribution in [0.5, 0.6) is 0 Å². The number of halogens is 1. The number of benzene rings is 1. The first-order valence-electron chi connectivity index (χ1n) is 6.19. The van der Waals surface area contributed by atoms with Gasteiger partial charge in [-0.3, -0.25) is 4.68 Å². The molecule has 1 aromatic carbocycles. The van der Waals surface area contributed by atoms with Crippen LogP contribution in [0.1, 0.15) is 5.56 Å². The molecule has 20 heavy (non-hydrogen) atoms. The van der Waals surface area contributed by atoms with Crippen molar-refractivity contribution < 1.29 is 4.39 Å². The molecule has 3 nitrogen and oxygen atoms in total. The van der Waals surface area contributed by atoms with E-state index in [9.17, 15) is 4.39 Å². The Labute approximate surface area is 120 Å². The van der Waals surface area contributed by atoms with Crippen LogP contribution in [-0.2, 0) is 7.05 Å². The maximum Gasteiger partial charge on any atom is 0.129 e. The maximum atomic E-state index is 13.1. The monoisotopic (exact) mass is 287 g/mol. The van der Waals surface area contributed by atoms with Crippen LogP contribution in [0.3, 0.4) is 0 Å². The fraction of sp³-hybridized carbons (Fsp3) is 0.133. The van der Waals surface area contributed by atoms with Crippen LogP contribution in [0.15, 0.2) is 35.0 Å². The number of hydrogen-bond donors (Lipinski definition) is 1. The van der Waals surface area contributed by atoms with Crippen molar-refractivity contribution in [2.24, 2.45) is 7.05 Å². The third-order valence-electron chi connectivity index (χ3n) is 3.34. The quantitative estimate of drug-likeness (QED) is 0.778. The summed E-state index contributed by atoms with van der Waals surface area (Å²) in [6.07, 6.45) is 0. The van der Waals surface area contributed by atoms with Gasteiger partial charge in [0.1, 0.15) is 17.3 Å². The molecule has 0 aliphatic carbocycles. The summed E-state index contributed by atoms with van der Waals surface area (Å²) in [4.78, 5) is 0. The molecule has 3 aromatic rings. The highest BCUT2D eigenvalue weighted by atomic mass is 32.1. The van der Waals surface area contributed by atoms with E-state index in [2.05, 4.69) is 15.9 Å². The Hall–Kier alpha value is -2.14. The van der Waals surface area contributed by atoms with Crippen molar-refractivity contribution in [2.45, 2.75) is 6.92 Å². The van der Waals surface area contributed by atoms with Gasteiger partial charge in [-0.1, -0.05) is 12.1 Å². The van der Waals surface area contributed by atoms with E-state index >= 15 is 0 Å². The Balaban J connectivity index is 2.25. The van der Waals surface area contributed by atoms with Gasteiger partial charge in [-0.05, 0) is 35.6 Å². The lowest BCUT2D eigenvalue weighted by Gasteiger charge is -2.04. The molecule has 0 radical (unpaired) electrons. The number of anilines is 1. The second-order valence-corrected chi connectivity index (χ2v) is 5.45. The predicted molar refractivity (Wildman–Crippen MR) is 81.1 cm³/mol. The summed E-state index contributed by atoms with van der Waals surface area (Å²) in [6.45, 7) is 2.05. The Bertz CT molecular complexity index is 756. The standard InChI is InChI=1S/C15H14FN3S/c1-9-7-20-8-12(9)14-13(15(17)19(2)18-14)10-3-5-11(16)6-4-10/h3-8H,17H2,1-2H3. The summed E-state index contributed by atoms with van der Waals surface area (Å²) in [7, 11) is 1.81. The number of aryl methyl sites for hydroxylation is 2. The van der Waals surface area contributed by atoms with Crippen LogP contribution in [0, 0.1) is 12.7 Å². The van der Waals surface area contributed by atoms with Crippen LogP contribution in [0.25, 0.3) is 22.4 Å². The van der Waals surface area contributed by atoms with Gasteiger partial charge in [0.25, 0.3) is 0 Å². The molecule has 0 bridgehead atoms. The van der Waals surface area contributed by atoms with E-state index in [4.69, 9.17) is 5.73 Å². The molecule has 0 saturated heterocycles. The highest BCUT2D eigenvalue weighted by Crippen LogP contribution is 2.38. The van der Waals surface area contributed by atoms with Crippen molar-refractivity contribution in [3.05, 3.63) is 46.4 Å². The number of nitrogens with two attached hydrogens (primary N) is 1. The molecule has 0 unspecified atom stereocenters. The molecule has 0 atom stereocenters. The molecule has 102 valence electrons. The van der Waals surface area contributed by atoms with Gasteiger partial charge in [0.15, 0.2) is 0 Å². The molecule has 2 heterocycles. The lowest BCUT2D eigenvalue weighted by Crippen LogP contribution is -1.97. The highest BCUT2D eigenvalue weighted by molar-refractivity contribution is 7.08. The number of rotatable bonds is 2. The molecule has 0 saturated carbocycles. The van der Waals surface area contributed by atoms with E-state index in [1.54, 1.807) is 28.2 Å². The average Bonchev–Trinajstić information content (AvgIpc) is 2.96. The van der Waals surface area contributed by atoms with Crippen molar-refractivity contribution in [3.63, 3.8) is 0 Å². The summed E-state index contributed by atoms with van der Waals surface area (Å²) < 4.78 is 14.8. The van der Waals surface area contributed by atoms with Gasteiger partial charge < -0.3 is 5.73 Å². The summed E-state index contributed by atoms with van der Waals surface area (Å²) in [6, 6.07) is 6.33. The van der Waals surface area contributed by atoms with Gasteiger partial charge in [0, 0.05) is 18.0 Å². The van der Waals surface area contributed by atoms with Crippen LogP contribution >= 0.6 is 11.3 Å². The summed E-state index contributed by atoms with van der Waals surface area (Å²) >= 11 is 1.63. The first kappa shape index (κ1) is 12.9. The lowest BCUT2D eigenvalue weighted by molar-refractivity contribution is 0.628. The van der Waals surface area contributed by atoms with E-state index in [-0.39, 0.29) is 5.82 Å². The first-order chi connectivity index (χ1) is 9.58. The summed E-state index contributed by atoms with van der Waals surface area (Å²) in [5.74, 6) is 0.321. The third-order valence-corrected chi connectivity index (χ3v) is 4.20.